The van der Waals surface area contributed by atoms with Crippen LogP contribution in [0, 0.1) is 0 Å². The first-order chi connectivity index (χ1) is 11.9. The molecular formula is C19H22BrF3O2. The number of halogens is 4. The van der Waals surface area contributed by atoms with Gasteiger partial charge in [-0.05, 0) is 54.2 Å². The normalized spacial score (nSPS) is 15.3. The van der Waals surface area contributed by atoms with Gasteiger partial charge >= 0.3 is 6.18 Å². The number of unbranched alkanes of at least 4 members (excludes halogenated alkanes) is 4. The van der Waals surface area contributed by atoms with Crippen LogP contribution in [0.4, 0.5) is 13.2 Å². The summed E-state index contributed by atoms with van der Waals surface area (Å²) in [5, 5.41) is 0.987. The van der Waals surface area contributed by atoms with Gasteiger partial charge in [0.25, 0.3) is 0 Å². The Balaban J connectivity index is 2.29. The molecule has 0 radical (unpaired) electrons. The molecular weight excluding hydrogens is 397 g/mol. The van der Waals surface area contributed by atoms with Crippen LogP contribution < -0.4 is 9.47 Å². The van der Waals surface area contributed by atoms with Gasteiger partial charge in [0.15, 0.2) is 11.5 Å². The van der Waals surface area contributed by atoms with Gasteiger partial charge in [0.1, 0.15) is 0 Å². The minimum absolute atomic E-state index is 0.149. The molecule has 0 aliphatic heterocycles. The van der Waals surface area contributed by atoms with E-state index in [-0.39, 0.29) is 5.56 Å². The van der Waals surface area contributed by atoms with Gasteiger partial charge in [0, 0.05) is 5.33 Å². The highest BCUT2D eigenvalue weighted by Crippen LogP contribution is 2.47. The Hall–Kier alpha value is -1.43. The molecule has 0 bridgehead atoms. The maximum atomic E-state index is 13.4. The standard InChI is InChI=1S/C19H22BrF3O2/c1-24-17-11-14-13(8-6-4-3-5-7-9-20)10-16(19(21,22)23)15(14)12-18(17)25-2/h8,10-12H,3-7,9H2,1-2H3/b13-8+. The summed E-state index contributed by atoms with van der Waals surface area (Å²) in [5.41, 5.74) is 0.666. The molecule has 138 valence electrons. The summed E-state index contributed by atoms with van der Waals surface area (Å²) >= 11 is 3.39. The predicted octanol–water partition coefficient (Wildman–Crippen LogP) is 6.39. The van der Waals surface area contributed by atoms with E-state index in [4.69, 9.17) is 9.47 Å². The van der Waals surface area contributed by atoms with Crippen LogP contribution in [0.2, 0.25) is 0 Å². The molecule has 1 aromatic carbocycles. The average Bonchev–Trinajstić information content (AvgIpc) is 2.94. The van der Waals surface area contributed by atoms with Gasteiger partial charge in [-0.15, -0.1) is 0 Å². The Morgan fingerprint density at radius 1 is 0.960 bits per heavy atom. The van der Waals surface area contributed by atoms with Crippen molar-refractivity contribution in [2.24, 2.45) is 0 Å². The van der Waals surface area contributed by atoms with Crippen LogP contribution in [0.5, 0.6) is 11.5 Å². The molecule has 0 atom stereocenters. The molecule has 0 fully saturated rings. The van der Waals surface area contributed by atoms with Crippen LogP contribution in [0.3, 0.4) is 0 Å². The number of hydrogen-bond donors (Lipinski definition) is 0. The topological polar surface area (TPSA) is 18.5 Å². The number of alkyl halides is 4. The highest BCUT2D eigenvalue weighted by Gasteiger charge is 2.39. The second-order valence-electron chi connectivity index (χ2n) is 5.86. The zero-order valence-corrected chi connectivity index (χ0v) is 16.0. The zero-order valence-electron chi connectivity index (χ0n) is 14.4. The first-order valence-electron chi connectivity index (χ1n) is 8.24. The number of allylic oxidation sites excluding steroid dienone is 4. The maximum Gasteiger partial charge on any atom is 0.417 e. The molecule has 1 aromatic rings. The number of rotatable bonds is 8. The summed E-state index contributed by atoms with van der Waals surface area (Å²) in [4.78, 5) is 0. The fourth-order valence-electron chi connectivity index (χ4n) is 2.91. The number of fused-ring (bicyclic) bond motifs is 1. The van der Waals surface area contributed by atoms with Crippen molar-refractivity contribution in [1.29, 1.82) is 0 Å². The fraction of sp³-hybridized carbons (Fsp3) is 0.474. The Kier molecular flexibility index (Phi) is 6.99. The summed E-state index contributed by atoms with van der Waals surface area (Å²) in [6.07, 6.45) is 3.75. The quantitative estimate of drug-likeness (QED) is 0.359. The van der Waals surface area contributed by atoms with Crippen molar-refractivity contribution in [2.45, 2.75) is 38.3 Å². The molecule has 0 heterocycles. The second kappa shape index (κ2) is 8.79. The molecule has 6 heteroatoms. The largest absolute Gasteiger partial charge is 0.493 e. The smallest absolute Gasteiger partial charge is 0.417 e. The van der Waals surface area contributed by atoms with Crippen molar-refractivity contribution < 1.29 is 22.6 Å². The van der Waals surface area contributed by atoms with E-state index < -0.39 is 11.7 Å². The van der Waals surface area contributed by atoms with E-state index in [1.807, 2.05) is 6.08 Å². The van der Waals surface area contributed by atoms with E-state index in [1.165, 1.54) is 26.4 Å². The molecule has 0 aromatic heterocycles. The Morgan fingerprint density at radius 2 is 1.56 bits per heavy atom. The Bertz CT molecular complexity index is 663. The molecule has 2 rings (SSSR count). The van der Waals surface area contributed by atoms with Gasteiger partial charge < -0.3 is 9.47 Å². The lowest BCUT2D eigenvalue weighted by molar-refractivity contribution is -0.0687. The van der Waals surface area contributed by atoms with Crippen molar-refractivity contribution in [3.8, 4) is 11.5 Å². The summed E-state index contributed by atoms with van der Waals surface area (Å²) in [6.45, 7) is 0. The van der Waals surface area contributed by atoms with Gasteiger partial charge in [0.05, 0.1) is 19.8 Å². The van der Waals surface area contributed by atoms with Gasteiger partial charge in [-0.3, -0.25) is 0 Å². The molecule has 2 nitrogen and oxygen atoms in total. The molecule has 1 aliphatic rings. The van der Waals surface area contributed by atoms with E-state index in [0.717, 1.165) is 37.4 Å². The molecule has 0 N–H and O–H groups in total. The molecule has 0 spiro atoms. The van der Waals surface area contributed by atoms with Gasteiger partial charge in [-0.2, -0.15) is 13.2 Å². The monoisotopic (exact) mass is 418 g/mol. The zero-order chi connectivity index (χ0) is 18.4. The van der Waals surface area contributed by atoms with Crippen LogP contribution in [-0.2, 0) is 0 Å². The van der Waals surface area contributed by atoms with Crippen LogP contribution in [0.1, 0.15) is 43.2 Å². The van der Waals surface area contributed by atoms with Crippen molar-refractivity contribution in [2.75, 3.05) is 19.5 Å². The summed E-state index contributed by atoms with van der Waals surface area (Å²) in [5.74, 6) is 0.730. The summed E-state index contributed by atoms with van der Waals surface area (Å²) in [6, 6.07) is 3.03. The van der Waals surface area contributed by atoms with E-state index >= 15 is 0 Å². The van der Waals surface area contributed by atoms with Crippen LogP contribution >= 0.6 is 15.9 Å². The van der Waals surface area contributed by atoms with E-state index in [0.29, 0.717) is 22.6 Å². The summed E-state index contributed by atoms with van der Waals surface area (Å²) in [7, 11) is 2.89. The number of benzene rings is 1. The lowest BCUT2D eigenvalue weighted by Crippen LogP contribution is -2.09. The Morgan fingerprint density at radius 3 is 2.12 bits per heavy atom. The van der Waals surface area contributed by atoms with Crippen molar-refractivity contribution in [3.05, 3.63) is 35.4 Å². The predicted molar refractivity (Wildman–Crippen MR) is 98.4 cm³/mol. The molecule has 0 saturated heterocycles. The fourth-order valence-corrected chi connectivity index (χ4v) is 3.30. The van der Waals surface area contributed by atoms with E-state index in [2.05, 4.69) is 15.9 Å². The highest BCUT2D eigenvalue weighted by molar-refractivity contribution is 9.09. The second-order valence-corrected chi connectivity index (χ2v) is 6.65. The number of hydrogen-bond acceptors (Lipinski definition) is 2. The molecule has 0 amide bonds. The van der Waals surface area contributed by atoms with Crippen LogP contribution in [0.15, 0.2) is 24.3 Å². The van der Waals surface area contributed by atoms with Gasteiger partial charge in [-0.1, -0.05) is 34.8 Å². The van der Waals surface area contributed by atoms with Crippen molar-refractivity contribution in [3.63, 3.8) is 0 Å². The van der Waals surface area contributed by atoms with Gasteiger partial charge in [-0.25, -0.2) is 0 Å². The van der Waals surface area contributed by atoms with Crippen molar-refractivity contribution >= 4 is 27.1 Å². The molecule has 0 unspecified atom stereocenters. The third kappa shape index (κ3) is 4.81. The number of ether oxygens (including phenoxy) is 2. The third-order valence-corrected chi connectivity index (χ3v) is 4.74. The average molecular weight is 419 g/mol. The van der Waals surface area contributed by atoms with E-state index in [1.54, 1.807) is 6.07 Å². The molecule has 1 aliphatic carbocycles. The SMILES string of the molecule is COc1cc2c(cc1OC)/C(=C/CCCCCCBr)C=C2C(F)(F)F. The van der Waals surface area contributed by atoms with Crippen LogP contribution in [-0.4, -0.2) is 25.7 Å². The van der Waals surface area contributed by atoms with Gasteiger partial charge in [0.2, 0.25) is 0 Å². The highest BCUT2D eigenvalue weighted by atomic mass is 79.9. The first-order valence-corrected chi connectivity index (χ1v) is 9.36. The molecule has 25 heavy (non-hydrogen) atoms. The molecule has 0 saturated carbocycles. The first kappa shape index (κ1) is 19.9. The lowest BCUT2D eigenvalue weighted by atomic mass is 10.0. The van der Waals surface area contributed by atoms with Crippen LogP contribution in [0.25, 0.3) is 11.1 Å². The third-order valence-electron chi connectivity index (χ3n) is 4.18. The minimum Gasteiger partial charge on any atom is -0.493 e. The lowest BCUT2D eigenvalue weighted by Gasteiger charge is -2.14. The maximum absolute atomic E-state index is 13.4. The minimum atomic E-state index is -4.40. The van der Waals surface area contributed by atoms with Crippen molar-refractivity contribution in [1.82, 2.24) is 0 Å². The number of methoxy groups -OCH3 is 2. The Labute approximate surface area is 154 Å². The summed E-state index contributed by atoms with van der Waals surface area (Å²) < 4.78 is 50.6. The van der Waals surface area contributed by atoms with E-state index in [9.17, 15) is 13.2 Å².